The second kappa shape index (κ2) is 4.86. The van der Waals surface area contributed by atoms with Gasteiger partial charge in [0.1, 0.15) is 0 Å². The number of nitrogens with one attached hydrogen (secondary N) is 2. The standard InChI is InChI=1S/C13H10F3N5O/c1-21-5-4-7-6-8(2-3-9(7)21)10(22)17-12-18-11(19-20-12)13(14,15)16/h2-6H,1H3,(H2,17,18,19,20,22). The smallest absolute Gasteiger partial charge is 0.351 e. The largest absolute Gasteiger partial charge is 0.451 e. The summed E-state index contributed by atoms with van der Waals surface area (Å²) in [5.41, 5.74) is 1.24. The maximum absolute atomic E-state index is 12.4. The first kappa shape index (κ1) is 14.1. The summed E-state index contributed by atoms with van der Waals surface area (Å²) in [6.45, 7) is 0. The highest BCUT2D eigenvalue weighted by Gasteiger charge is 2.35. The third-order valence-corrected chi connectivity index (χ3v) is 3.13. The van der Waals surface area contributed by atoms with E-state index in [0.717, 1.165) is 10.9 Å². The molecule has 1 amide bonds. The number of hydrogen-bond acceptors (Lipinski definition) is 3. The molecule has 0 atom stereocenters. The average Bonchev–Trinajstić information content (AvgIpc) is 3.05. The molecule has 0 aliphatic rings. The van der Waals surface area contributed by atoms with Crippen molar-refractivity contribution in [1.82, 2.24) is 19.7 Å². The quantitative estimate of drug-likeness (QED) is 0.764. The highest BCUT2D eigenvalue weighted by Crippen LogP contribution is 2.26. The number of rotatable bonds is 2. The maximum atomic E-state index is 12.4. The molecule has 0 unspecified atom stereocenters. The number of nitrogens with zero attached hydrogens (tertiary/aromatic N) is 3. The number of anilines is 1. The first-order valence-electron chi connectivity index (χ1n) is 6.20. The van der Waals surface area contributed by atoms with Gasteiger partial charge in [-0.3, -0.25) is 15.2 Å². The number of aromatic nitrogens is 4. The summed E-state index contributed by atoms with van der Waals surface area (Å²) < 4.78 is 39.1. The van der Waals surface area contributed by atoms with E-state index in [4.69, 9.17) is 0 Å². The van der Waals surface area contributed by atoms with Crippen molar-refractivity contribution in [3.63, 3.8) is 0 Å². The second-order valence-electron chi connectivity index (χ2n) is 4.66. The Hall–Kier alpha value is -2.84. The SMILES string of the molecule is Cn1ccc2cc(C(=O)Nc3n[nH]c(C(F)(F)F)n3)ccc21. The van der Waals surface area contributed by atoms with Gasteiger partial charge in [-0.2, -0.15) is 18.2 Å². The molecule has 0 spiro atoms. The Labute approximate surface area is 122 Å². The number of fused-ring (bicyclic) bond motifs is 1. The van der Waals surface area contributed by atoms with E-state index in [1.54, 1.807) is 23.3 Å². The minimum Gasteiger partial charge on any atom is -0.351 e. The summed E-state index contributed by atoms with van der Waals surface area (Å²) in [6, 6.07) is 6.81. The number of aryl methyl sites for hydroxylation is 1. The normalized spacial score (nSPS) is 11.8. The van der Waals surface area contributed by atoms with Gasteiger partial charge in [0, 0.05) is 29.7 Å². The summed E-state index contributed by atoms with van der Waals surface area (Å²) in [6.07, 6.45) is -2.80. The lowest BCUT2D eigenvalue weighted by Crippen LogP contribution is -2.13. The Kier molecular flexibility index (Phi) is 3.12. The first-order chi connectivity index (χ1) is 10.3. The van der Waals surface area contributed by atoms with Crippen molar-refractivity contribution in [2.45, 2.75) is 6.18 Å². The highest BCUT2D eigenvalue weighted by atomic mass is 19.4. The predicted molar refractivity (Wildman–Crippen MR) is 72.3 cm³/mol. The fourth-order valence-corrected chi connectivity index (χ4v) is 2.04. The van der Waals surface area contributed by atoms with Gasteiger partial charge in [0.05, 0.1) is 0 Å². The molecule has 0 fully saturated rings. The van der Waals surface area contributed by atoms with E-state index in [9.17, 15) is 18.0 Å². The number of carbonyl (C=O) groups excluding carboxylic acids is 1. The van der Waals surface area contributed by atoms with Crippen molar-refractivity contribution in [3.05, 3.63) is 41.9 Å². The molecule has 0 saturated carbocycles. The minimum absolute atomic E-state index is 0.303. The number of hydrogen-bond donors (Lipinski definition) is 2. The van der Waals surface area contributed by atoms with Gasteiger partial charge in [-0.1, -0.05) is 0 Å². The highest BCUT2D eigenvalue weighted by molar-refractivity contribution is 6.05. The summed E-state index contributed by atoms with van der Waals surface area (Å²) in [4.78, 5) is 15.2. The van der Waals surface area contributed by atoms with Crippen LogP contribution in [0.4, 0.5) is 19.1 Å². The van der Waals surface area contributed by atoms with Gasteiger partial charge in [-0.05, 0) is 24.3 Å². The molecule has 3 rings (SSSR count). The number of amides is 1. The summed E-state index contributed by atoms with van der Waals surface area (Å²) in [7, 11) is 1.87. The molecule has 0 radical (unpaired) electrons. The van der Waals surface area contributed by atoms with Gasteiger partial charge in [0.15, 0.2) is 0 Å². The topological polar surface area (TPSA) is 75.6 Å². The fourth-order valence-electron chi connectivity index (χ4n) is 2.04. The van der Waals surface area contributed by atoms with E-state index in [1.807, 2.05) is 23.9 Å². The zero-order chi connectivity index (χ0) is 15.9. The monoisotopic (exact) mass is 309 g/mol. The zero-order valence-corrected chi connectivity index (χ0v) is 11.3. The van der Waals surface area contributed by atoms with Crippen LogP contribution in [0.15, 0.2) is 30.5 Å². The average molecular weight is 309 g/mol. The van der Waals surface area contributed by atoms with Crippen molar-refractivity contribution < 1.29 is 18.0 Å². The number of halogens is 3. The maximum Gasteiger partial charge on any atom is 0.451 e. The van der Waals surface area contributed by atoms with E-state index in [0.29, 0.717) is 5.56 Å². The van der Waals surface area contributed by atoms with E-state index >= 15 is 0 Å². The molecular weight excluding hydrogens is 299 g/mol. The summed E-state index contributed by atoms with van der Waals surface area (Å²) in [5, 5.41) is 8.12. The van der Waals surface area contributed by atoms with Crippen LogP contribution in [0.5, 0.6) is 0 Å². The van der Waals surface area contributed by atoms with Gasteiger partial charge in [-0.25, -0.2) is 0 Å². The van der Waals surface area contributed by atoms with E-state index in [1.165, 1.54) is 0 Å². The van der Waals surface area contributed by atoms with Gasteiger partial charge in [0.2, 0.25) is 11.8 Å². The molecule has 2 N–H and O–H groups in total. The van der Waals surface area contributed by atoms with Crippen LogP contribution in [0.3, 0.4) is 0 Å². The molecule has 2 aromatic heterocycles. The van der Waals surface area contributed by atoms with Crippen LogP contribution in [0.1, 0.15) is 16.2 Å². The van der Waals surface area contributed by atoms with Crippen LogP contribution in [-0.4, -0.2) is 25.7 Å². The Balaban J connectivity index is 1.82. The van der Waals surface area contributed by atoms with Crippen LogP contribution >= 0.6 is 0 Å². The van der Waals surface area contributed by atoms with Crippen molar-refractivity contribution in [2.75, 3.05) is 5.32 Å². The molecule has 114 valence electrons. The molecule has 0 aliphatic carbocycles. The number of aromatic amines is 1. The molecule has 3 aromatic rings. The lowest BCUT2D eigenvalue weighted by molar-refractivity contribution is -0.144. The van der Waals surface area contributed by atoms with Crippen molar-refractivity contribution >= 4 is 22.8 Å². The molecule has 1 aromatic carbocycles. The Bertz CT molecular complexity index is 849. The number of alkyl halides is 3. The molecule has 6 nitrogen and oxygen atoms in total. The van der Waals surface area contributed by atoms with Crippen molar-refractivity contribution in [3.8, 4) is 0 Å². The lowest BCUT2D eigenvalue weighted by Gasteiger charge is -2.02. The van der Waals surface area contributed by atoms with Crippen LogP contribution in [0.25, 0.3) is 10.9 Å². The molecular formula is C13H10F3N5O. The van der Waals surface area contributed by atoms with Crippen LogP contribution < -0.4 is 5.32 Å². The lowest BCUT2D eigenvalue weighted by atomic mass is 10.1. The summed E-state index contributed by atoms with van der Waals surface area (Å²) >= 11 is 0. The van der Waals surface area contributed by atoms with Crippen LogP contribution in [0, 0.1) is 0 Å². The molecule has 0 aliphatic heterocycles. The van der Waals surface area contributed by atoms with Crippen molar-refractivity contribution in [1.29, 1.82) is 0 Å². The van der Waals surface area contributed by atoms with Gasteiger partial charge >= 0.3 is 6.18 Å². The van der Waals surface area contributed by atoms with Crippen LogP contribution in [0.2, 0.25) is 0 Å². The third-order valence-electron chi connectivity index (χ3n) is 3.13. The summed E-state index contributed by atoms with van der Waals surface area (Å²) in [5.74, 6) is -2.27. The Morgan fingerprint density at radius 2 is 2.09 bits per heavy atom. The Morgan fingerprint density at radius 1 is 1.32 bits per heavy atom. The van der Waals surface area contributed by atoms with Crippen molar-refractivity contribution in [2.24, 2.45) is 7.05 Å². The van der Waals surface area contributed by atoms with Gasteiger partial charge in [0.25, 0.3) is 5.91 Å². The second-order valence-corrected chi connectivity index (χ2v) is 4.66. The van der Waals surface area contributed by atoms with E-state index < -0.39 is 23.9 Å². The first-order valence-corrected chi connectivity index (χ1v) is 6.20. The number of H-pyrrole nitrogens is 1. The van der Waals surface area contributed by atoms with E-state index in [-0.39, 0.29) is 0 Å². The molecule has 0 bridgehead atoms. The Morgan fingerprint density at radius 3 is 2.77 bits per heavy atom. The molecule has 22 heavy (non-hydrogen) atoms. The minimum atomic E-state index is -4.64. The van der Waals surface area contributed by atoms with Gasteiger partial charge in [-0.15, -0.1) is 5.10 Å². The number of carbonyl (C=O) groups is 1. The van der Waals surface area contributed by atoms with E-state index in [2.05, 4.69) is 15.4 Å². The zero-order valence-electron chi connectivity index (χ0n) is 11.3. The van der Waals surface area contributed by atoms with Gasteiger partial charge < -0.3 is 4.57 Å². The van der Waals surface area contributed by atoms with Crippen LogP contribution in [-0.2, 0) is 13.2 Å². The number of benzene rings is 1. The predicted octanol–water partition coefficient (Wildman–Crippen LogP) is 2.57. The molecule has 2 heterocycles. The molecule has 9 heteroatoms. The molecule has 0 saturated heterocycles. The third kappa shape index (κ3) is 2.52. The fraction of sp³-hybridized carbons (Fsp3) is 0.154.